The van der Waals surface area contributed by atoms with Gasteiger partial charge in [-0.05, 0) is 6.08 Å². The number of halogens is 10. The van der Waals surface area contributed by atoms with Crippen LogP contribution in [0.2, 0.25) is 0 Å². The number of carbonyl (C=O) groups is 1. The molecule has 0 spiro atoms. The molecule has 0 atom stereocenters. The van der Waals surface area contributed by atoms with Gasteiger partial charge in [0, 0.05) is 0 Å². The monoisotopic (exact) mass is 404 g/mol. The van der Waals surface area contributed by atoms with Gasteiger partial charge in [0.05, 0.1) is 16.7 Å². The minimum absolute atomic E-state index is 0.448. The molecule has 1 N–H and O–H groups in total. The van der Waals surface area contributed by atoms with E-state index in [4.69, 9.17) is 5.11 Å². The van der Waals surface area contributed by atoms with Crippen molar-refractivity contribution in [3.8, 4) is 0 Å². The van der Waals surface area contributed by atoms with Gasteiger partial charge in [-0.15, -0.1) is 0 Å². The highest BCUT2D eigenvalue weighted by Gasteiger charge is 2.32. The number of carboxylic acids is 1. The van der Waals surface area contributed by atoms with E-state index < -0.39 is 86.9 Å². The topological polar surface area (TPSA) is 37.3 Å². The first-order chi connectivity index (χ1) is 12.4. The van der Waals surface area contributed by atoms with E-state index in [0.29, 0.717) is 0 Å². The third kappa shape index (κ3) is 3.11. The van der Waals surface area contributed by atoms with Crippen LogP contribution in [0.5, 0.6) is 0 Å². The molecule has 0 aliphatic rings. The van der Waals surface area contributed by atoms with Crippen molar-refractivity contribution in [1.82, 2.24) is 0 Å². The molecule has 0 fully saturated rings. The fraction of sp³-hybridized carbons (Fsp3) is 0. The smallest absolute Gasteiger partial charge is 0.336 e. The van der Waals surface area contributed by atoms with Crippen molar-refractivity contribution >= 4 is 17.6 Å². The Morgan fingerprint density at radius 2 is 0.852 bits per heavy atom. The van der Waals surface area contributed by atoms with Gasteiger partial charge in [-0.1, -0.05) is 0 Å². The van der Waals surface area contributed by atoms with Crippen LogP contribution in [-0.2, 0) is 4.79 Å². The van der Waals surface area contributed by atoms with Crippen molar-refractivity contribution < 1.29 is 53.8 Å². The van der Waals surface area contributed by atoms with Crippen LogP contribution in [0.15, 0.2) is 0 Å². The molecule has 0 bridgehead atoms. The number of hydrogen-bond acceptors (Lipinski definition) is 1. The van der Waals surface area contributed by atoms with E-state index in [1.807, 2.05) is 0 Å². The van der Waals surface area contributed by atoms with Gasteiger partial charge in [-0.25, -0.2) is 48.7 Å². The van der Waals surface area contributed by atoms with Crippen LogP contribution in [0.3, 0.4) is 0 Å². The maximum absolute atomic E-state index is 13.7. The summed E-state index contributed by atoms with van der Waals surface area (Å²) in [5.74, 6) is -28.5. The molecule has 2 aromatic rings. The number of aliphatic carboxylic acids is 1. The SMILES string of the molecule is O=C(O)C(=Cc1c(F)c(F)c(F)c(F)c1F)c1c(F)c(F)c(F)c(F)c1F. The second-order valence-electron chi connectivity index (χ2n) is 4.79. The molecule has 2 rings (SSSR count). The molecule has 0 amide bonds. The molecule has 27 heavy (non-hydrogen) atoms. The Labute approximate surface area is 142 Å². The highest BCUT2D eigenvalue weighted by atomic mass is 19.2. The Kier molecular flexibility index (Phi) is 5.20. The van der Waals surface area contributed by atoms with Crippen molar-refractivity contribution in [1.29, 1.82) is 0 Å². The Morgan fingerprint density at radius 1 is 0.556 bits per heavy atom. The lowest BCUT2D eigenvalue weighted by molar-refractivity contribution is -0.130. The lowest BCUT2D eigenvalue weighted by atomic mass is 10.00. The highest BCUT2D eigenvalue weighted by molar-refractivity contribution is 6.20. The minimum atomic E-state index is -2.67. The van der Waals surface area contributed by atoms with Crippen LogP contribution in [0.25, 0.3) is 11.6 Å². The van der Waals surface area contributed by atoms with Gasteiger partial charge in [-0.3, -0.25) is 0 Å². The number of benzene rings is 2. The van der Waals surface area contributed by atoms with Crippen LogP contribution in [0.4, 0.5) is 43.9 Å². The lowest BCUT2D eigenvalue weighted by Gasteiger charge is -2.10. The molecule has 0 radical (unpaired) electrons. The number of rotatable bonds is 3. The Bertz CT molecular complexity index is 955. The molecule has 0 heterocycles. The number of hydrogen-bond donors (Lipinski definition) is 1. The van der Waals surface area contributed by atoms with Crippen molar-refractivity contribution in [2.24, 2.45) is 0 Å². The Balaban J connectivity index is 2.94. The summed E-state index contributed by atoms with van der Waals surface area (Å²) >= 11 is 0. The molecule has 0 aromatic heterocycles. The van der Waals surface area contributed by atoms with E-state index in [1.54, 1.807) is 0 Å². The summed E-state index contributed by atoms with van der Waals surface area (Å²) < 4.78 is 133. The minimum Gasteiger partial charge on any atom is -0.478 e. The summed E-state index contributed by atoms with van der Waals surface area (Å²) in [6, 6.07) is 0. The molecule has 0 saturated heterocycles. The molecule has 2 nitrogen and oxygen atoms in total. The van der Waals surface area contributed by atoms with E-state index >= 15 is 0 Å². The van der Waals surface area contributed by atoms with E-state index in [1.165, 1.54) is 0 Å². The second kappa shape index (κ2) is 6.93. The molecule has 144 valence electrons. The van der Waals surface area contributed by atoms with E-state index in [2.05, 4.69) is 0 Å². The van der Waals surface area contributed by atoms with Gasteiger partial charge in [0.1, 0.15) is 0 Å². The van der Waals surface area contributed by atoms with E-state index in [-0.39, 0.29) is 0 Å². The molecular formula is C15H2F10O2. The summed E-state index contributed by atoms with van der Waals surface area (Å²) in [6.45, 7) is 0. The molecule has 0 saturated carbocycles. The quantitative estimate of drug-likeness (QED) is 0.265. The maximum Gasteiger partial charge on any atom is 0.336 e. The Hall–Kier alpha value is -3.05. The fourth-order valence-electron chi connectivity index (χ4n) is 1.98. The standard InChI is InChI=1S/C15H2F10O2/c16-5-3(6(17)10(21)13(24)9(5)20)1-2(15(26)27)4-7(18)11(22)14(25)12(23)8(4)19/h1H,(H,26,27). The van der Waals surface area contributed by atoms with Gasteiger partial charge >= 0.3 is 5.97 Å². The first-order valence-electron chi connectivity index (χ1n) is 6.39. The molecule has 2 aromatic carbocycles. The predicted octanol–water partition coefficient (Wildman–Crippen LogP) is 4.70. The van der Waals surface area contributed by atoms with Crippen molar-refractivity contribution in [2.75, 3.05) is 0 Å². The zero-order valence-electron chi connectivity index (χ0n) is 12.2. The molecular weight excluding hydrogens is 402 g/mol. The van der Waals surface area contributed by atoms with Crippen LogP contribution in [-0.4, -0.2) is 11.1 Å². The fourth-order valence-corrected chi connectivity index (χ4v) is 1.98. The summed E-state index contributed by atoms with van der Waals surface area (Å²) in [7, 11) is 0. The van der Waals surface area contributed by atoms with Gasteiger partial charge < -0.3 is 5.11 Å². The van der Waals surface area contributed by atoms with Gasteiger partial charge in [0.25, 0.3) is 0 Å². The highest BCUT2D eigenvalue weighted by Crippen LogP contribution is 2.32. The summed E-state index contributed by atoms with van der Waals surface area (Å²) in [6.07, 6.45) is -0.448. The third-order valence-corrected chi connectivity index (χ3v) is 3.24. The van der Waals surface area contributed by atoms with Gasteiger partial charge in [-0.2, -0.15) is 0 Å². The number of carboxylic acid groups (broad SMARTS) is 1. The zero-order valence-corrected chi connectivity index (χ0v) is 12.2. The summed E-state index contributed by atoms with van der Waals surface area (Å²) in [4.78, 5) is 11.1. The summed E-state index contributed by atoms with van der Waals surface area (Å²) in [5.41, 5.74) is -6.05. The predicted molar refractivity (Wildman–Crippen MR) is 68.0 cm³/mol. The third-order valence-electron chi connectivity index (χ3n) is 3.24. The average Bonchev–Trinajstić information content (AvgIpc) is 2.63. The van der Waals surface area contributed by atoms with Crippen molar-refractivity contribution in [2.45, 2.75) is 0 Å². The lowest BCUT2D eigenvalue weighted by Crippen LogP contribution is -2.12. The summed E-state index contributed by atoms with van der Waals surface area (Å²) in [5, 5.41) is 8.92. The molecule has 0 aliphatic heterocycles. The van der Waals surface area contributed by atoms with Crippen molar-refractivity contribution in [3.63, 3.8) is 0 Å². The first-order valence-corrected chi connectivity index (χ1v) is 6.39. The zero-order chi connectivity index (χ0) is 20.8. The van der Waals surface area contributed by atoms with Crippen LogP contribution in [0, 0.1) is 58.2 Å². The average molecular weight is 404 g/mol. The maximum atomic E-state index is 13.7. The molecule has 12 heteroatoms. The normalized spacial score (nSPS) is 11.9. The van der Waals surface area contributed by atoms with Crippen LogP contribution >= 0.6 is 0 Å². The largest absolute Gasteiger partial charge is 0.478 e. The molecule has 0 unspecified atom stereocenters. The van der Waals surface area contributed by atoms with Gasteiger partial charge in [0.15, 0.2) is 46.5 Å². The van der Waals surface area contributed by atoms with Crippen molar-refractivity contribution in [3.05, 3.63) is 69.3 Å². The van der Waals surface area contributed by atoms with Crippen LogP contribution in [0.1, 0.15) is 11.1 Å². The van der Waals surface area contributed by atoms with E-state index in [9.17, 15) is 48.7 Å². The van der Waals surface area contributed by atoms with E-state index in [0.717, 1.165) is 0 Å². The first kappa shape index (κ1) is 20.3. The van der Waals surface area contributed by atoms with Crippen LogP contribution < -0.4 is 0 Å². The second-order valence-corrected chi connectivity index (χ2v) is 4.79. The molecule has 0 aliphatic carbocycles. The van der Waals surface area contributed by atoms with Gasteiger partial charge in [0.2, 0.25) is 11.6 Å². The Morgan fingerprint density at radius 3 is 1.19 bits per heavy atom.